The number of nitrogens with one attached hydrogen (secondary N) is 1. The predicted molar refractivity (Wildman–Crippen MR) is 69.4 cm³/mol. The highest BCUT2D eigenvalue weighted by Crippen LogP contribution is 2.20. The molecule has 5 heteroatoms. The van der Waals surface area contributed by atoms with Crippen LogP contribution in [0.5, 0.6) is 0 Å². The van der Waals surface area contributed by atoms with E-state index in [1.807, 2.05) is 18.0 Å². The molecule has 0 aliphatic rings. The molecule has 0 aromatic heterocycles. The quantitative estimate of drug-likeness (QED) is 0.842. The number of alkyl halides is 2. The van der Waals surface area contributed by atoms with Crippen molar-refractivity contribution in [3.8, 4) is 0 Å². The number of carbonyl (C=O) groups excluding carboxylic acids is 1. The van der Waals surface area contributed by atoms with E-state index in [1.165, 1.54) is 0 Å². The van der Waals surface area contributed by atoms with Crippen molar-refractivity contribution in [2.45, 2.75) is 25.5 Å². The van der Waals surface area contributed by atoms with Gasteiger partial charge in [0.1, 0.15) is 0 Å². The van der Waals surface area contributed by atoms with Gasteiger partial charge in [0.05, 0.1) is 0 Å². The summed E-state index contributed by atoms with van der Waals surface area (Å²) >= 11 is 5.04. The molecule has 0 radical (unpaired) electrons. The average Bonchev–Trinajstić information content (AvgIpc) is 2.28. The van der Waals surface area contributed by atoms with Crippen LogP contribution in [0.1, 0.15) is 13.8 Å². The molecule has 0 aliphatic carbocycles. The molecule has 3 nitrogen and oxygen atoms in total. The predicted octanol–water partition coefficient (Wildman–Crippen LogP) is 3.00. The van der Waals surface area contributed by atoms with Gasteiger partial charge < -0.3 is 10.2 Å². The first-order valence-electron chi connectivity index (χ1n) is 5.33. The van der Waals surface area contributed by atoms with Gasteiger partial charge in [-0.05, 0) is 32.0 Å². The number of anilines is 2. The summed E-state index contributed by atoms with van der Waals surface area (Å²) in [7, 11) is 1.95. The standard InChI is InChI=1S/C12H16ClFN2O/c1-8(2)16(3)10-6-4-5-9(7-10)15-12(17)11(13)14/h4-8,11H,1-3H3,(H,15,17). The lowest BCUT2D eigenvalue weighted by Gasteiger charge is -2.24. The van der Waals surface area contributed by atoms with E-state index in [4.69, 9.17) is 11.6 Å². The van der Waals surface area contributed by atoms with E-state index in [-0.39, 0.29) is 0 Å². The highest BCUT2D eigenvalue weighted by Gasteiger charge is 2.13. The molecule has 0 saturated carbocycles. The summed E-state index contributed by atoms with van der Waals surface area (Å²) in [6.45, 7) is 4.11. The van der Waals surface area contributed by atoms with E-state index >= 15 is 0 Å². The molecule has 0 spiro atoms. The molecule has 1 aromatic carbocycles. The largest absolute Gasteiger partial charge is 0.372 e. The Morgan fingerprint density at radius 1 is 1.47 bits per heavy atom. The van der Waals surface area contributed by atoms with Gasteiger partial charge in [0.25, 0.3) is 11.5 Å². The Hall–Kier alpha value is -1.29. The van der Waals surface area contributed by atoms with Crippen LogP contribution < -0.4 is 10.2 Å². The number of hydrogen-bond donors (Lipinski definition) is 1. The molecule has 1 rings (SSSR count). The van der Waals surface area contributed by atoms with Crippen molar-refractivity contribution in [1.82, 2.24) is 0 Å². The SMILES string of the molecule is CC(C)N(C)c1cccc(NC(=O)C(F)Cl)c1. The summed E-state index contributed by atoms with van der Waals surface area (Å²) in [5.74, 6) is -0.851. The van der Waals surface area contributed by atoms with Gasteiger partial charge in [-0.3, -0.25) is 4.79 Å². The first kappa shape index (κ1) is 13.8. The van der Waals surface area contributed by atoms with E-state index in [0.717, 1.165) is 5.69 Å². The second-order valence-electron chi connectivity index (χ2n) is 4.04. The second-order valence-corrected chi connectivity index (χ2v) is 4.43. The zero-order valence-corrected chi connectivity index (χ0v) is 10.8. The summed E-state index contributed by atoms with van der Waals surface area (Å²) in [5.41, 5.74) is -0.549. The van der Waals surface area contributed by atoms with E-state index < -0.39 is 11.5 Å². The van der Waals surface area contributed by atoms with Crippen molar-refractivity contribution in [2.24, 2.45) is 0 Å². The van der Waals surface area contributed by atoms with Crippen LogP contribution in [-0.4, -0.2) is 24.6 Å². The fraction of sp³-hybridized carbons (Fsp3) is 0.417. The zero-order chi connectivity index (χ0) is 13.0. The third kappa shape index (κ3) is 3.89. The van der Waals surface area contributed by atoms with Gasteiger partial charge in [-0.25, -0.2) is 4.39 Å². The Morgan fingerprint density at radius 2 is 2.12 bits per heavy atom. The number of hydrogen-bond acceptors (Lipinski definition) is 2. The fourth-order valence-electron chi connectivity index (χ4n) is 1.30. The van der Waals surface area contributed by atoms with Gasteiger partial charge >= 0.3 is 0 Å². The normalized spacial score (nSPS) is 12.4. The Balaban J connectivity index is 2.83. The van der Waals surface area contributed by atoms with Crippen LogP contribution in [0.3, 0.4) is 0 Å². The molecule has 0 saturated heterocycles. The molecule has 1 unspecified atom stereocenters. The Labute approximate surface area is 106 Å². The van der Waals surface area contributed by atoms with Crippen molar-refractivity contribution < 1.29 is 9.18 Å². The van der Waals surface area contributed by atoms with E-state index in [2.05, 4.69) is 19.2 Å². The van der Waals surface area contributed by atoms with Crippen LogP contribution in [0.2, 0.25) is 0 Å². The minimum atomic E-state index is -2.03. The molecule has 1 atom stereocenters. The molecule has 17 heavy (non-hydrogen) atoms. The summed E-state index contributed by atoms with van der Waals surface area (Å²) in [6.07, 6.45) is 0. The molecule has 1 aromatic rings. The lowest BCUT2D eigenvalue weighted by atomic mass is 10.2. The molecular weight excluding hydrogens is 243 g/mol. The van der Waals surface area contributed by atoms with Crippen molar-refractivity contribution in [3.05, 3.63) is 24.3 Å². The van der Waals surface area contributed by atoms with E-state index in [0.29, 0.717) is 11.7 Å². The number of carbonyl (C=O) groups is 1. The maximum absolute atomic E-state index is 12.5. The number of halogens is 2. The maximum Gasteiger partial charge on any atom is 0.274 e. The van der Waals surface area contributed by atoms with Crippen LogP contribution in [0.4, 0.5) is 15.8 Å². The Morgan fingerprint density at radius 3 is 2.65 bits per heavy atom. The molecular formula is C12H16ClFN2O. The van der Waals surface area contributed by atoms with E-state index in [1.54, 1.807) is 18.2 Å². The van der Waals surface area contributed by atoms with Crippen LogP contribution in [0, 0.1) is 0 Å². The van der Waals surface area contributed by atoms with Gasteiger partial charge in [-0.15, -0.1) is 0 Å². The van der Waals surface area contributed by atoms with Gasteiger partial charge in [0, 0.05) is 24.5 Å². The monoisotopic (exact) mass is 258 g/mol. The highest BCUT2D eigenvalue weighted by atomic mass is 35.5. The van der Waals surface area contributed by atoms with Gasteiger partial charge in [-0.1, -0.05) is 17.7 Å². The van der Waals surface area contributed by atoms with Crippen molar-refractivity contribution in [3.63, 3.8) is 0 Å². The molecule has 0 fully saturated rings. The van der Waals surface area contributed by atoms with Crippen molar-refractivity contribution in [2.75, 3.05) is 17.3 Å². The first-order chi connectivity index (χ1) is 7.91. The molecule has 94 valence electrons. The average molecular weight is 259 g/mol. The highest BCUT2D eigenvalue weighted by molar-refractivity contribution is 6.31. The molecule has 1 amide bonds. The number of nitrogens with zero attached hydrogens (tertiary/aromatic N) is 1. The maximum atomic E-state index is 12.5. The molecule has 0 aliphatic heterocycles. The third-order valence-electron chi connectivity index (χ3n) is 2.49. The van der Waals surface area contributed by atoms with Gasteiger partial charge in [-0.2, -0.15) is 0 Å². The summed E-state index contributed by atoms with van der Waals surface area (Å²) in [4.78, 5) is 13.1. The van der Waals surface area contributed by atoms with Crippen molar-refractivity contribution >= 4 is 28.9 Å². The number of amides is 1. The number of rotatable bonds is 4. The molecule has 0 heterocycles. The minimum absolute atomic E-state index is 0.336. The van der Waals surface area contributed by atoms with Crippen LogP contribution in [-0.2, 0) is 4.79 Å². The topological polar surface area (TPSA) is 32.3 Å². The van der Waals surface area contributed by atoms with Crippen LogP contribution in [0.15, 0.2) is 24.3 Å². The van der Waals surface area contributed by atoms with E-state index in [9.17, 15) is 9.18 Å². The summed E-state index contributed by atoms with van der Waals surface area (Å²) < 4.78 is 12.5. The second kappa shape index (κ2) is 5.87. The van der Waals surface area contributed by atoms with Crippen LogP contribution >= 0.6 is 11.6 Å². The third-order valence-corrected chi connectivity index (χ3v) is 2.69. The van der Waals surface area contributed by atoms with Gasteiger partial charge in [0.15, 0.2) is 0 Å². The molecule has 1 N–H and O–H groups in total. The lowest BCUT2D eigenvalue weighted by Crippen LogP contribution is -2.26. The smallest absolute Gasteiger partial charge is 0.274 e. The minimum Gasteiger partial charge on any atom is -0.372 e. The summed E-state index contributed by atoms with van der Waals surface area (Å²) in [5, 5.41) is 2.40. The Bertz CT molecular complexity index is 396. The Kier molecular flexibility index (Phi) is 4.75. The number of benzene rings is 1. The van der Waals surface area contributed by atoms with Crippen molar-refractivity contribution in [1.29, 1.82) is 0 Å². The zero-order valence-electron chi connectivity index (χ0n) is 10.1. The van der Waals surface area contributed by atoms with Gasteiger partial charge in [0.2, 0.25) is 0 Å². The lowest BCUT2D eigenvalue weighted by molar-refractivity contribution is -0.118. The summed E-state index contributed by atoms with van der Waals surface area (Å²) in [6, 6.07) is 7.52. The van der Waals surface area contributed by atoms with Crippen LogP contribution in [0.25, 0.3) is 0 Å². The fourth-order valence-corrected chi connectivity index (χ4v) is 1.35. The molecule has 0 bridgehead atoms. The first-order valence-corrected chi connectivity index (χ1v) is 5.77.